The third kappa shape index (κ3) is 4.07. The SMILES string of the molecule is COCCCOCCC1(CN)CC1. The van der Waals surface area contributed by atoms with Gasteiger partial charge in [0.15, 0.2) is 0 Å². The highest BCUT2D eigenvalue weighted by Crippen LogP contribution is 2.47. The summed E-state index contributed by atoms with van der Waals surface area (Å²) in [5, 5.41) is 0. The Balaban J connectivity index is 1.84. The van der Waals surface area contributed by atoms with Crippen molar-refractivity contribution in [1.29, 1.82) is 0 Å². The molecule has 0 radical (unpaired) electrons. The van der Waals surface area contributed by atoms with Crippen LogP contribution in [0.2, 0.25) is 0 Å². The molecule has 0 aromatic heterocycles. The van der Waals surface area contributed by atoms with E-state index in [0.29, 0.717) is 5.41 Å². The highest BCUT2D eigenvalue weighted by atomic mass is 16.5. The number of hydrogen-bond donors (Lipinski definition) is 1. The van der Waals surface area contributed by atoms with E-state index in [0.717, 1.165) is 39.2 Å². The number of hydrogen-bond acceptors (Lipinski definition) is 3. The van der Waals surface area contributed by atoms with Gasteiger partial charge in [0.1, 0.15) is 0 Å². The van der Waals surface area contributed by atoms with E-state index in [1.165, 1.54) is 12.8 Å². The minimum atomic E-state index is 0.460. The van der Waals surface area contributed by atoms with Crippen molar-refractivity contribution in [3.05, 3.63) is 0 Å². The van der Waals surface area contributed by atoms with Gasteiger partial charge in [-0.2, -0.15) is 0 Å². The fourth-order valence-corrected chi connectivity index (χ4v) is 1.43. The third-order valence-corrected chi connectivity index (χ3v) is 2.80. The second kappa shape index (κ2) is 5.58. The van der Waals surface area contributed by atoms with Crippen LogP contribution in [0.5, 0.6) is 0 Å². The van der Waals surface area contributed by atoms with Crippen molar-refractivity contribution in [1.82, 2.24) is 0 Å². The zero-order valence-electron chi connectivity index (χ0n) is 8.55. The zero-order valence-corrected chi connectivity index (χ0v) is 8.55. The summed E-state index contributed by atoms with van der Waals surface area (Å²) in [4.78, 5) is 0. The largest absolute Gasteiger partial charge is 0.385 e. The molecule has 1 rings (SSSR count). The first kappa shape index (κ1) is 11.0. The maximum atomic E-state index is 5.66. The molecule has 0 bridgehead atoms. The fraction of sp³-hybridized carbons (Fsp3) is 1.00. The lowest BCUT2D eigenvalue weighted by Crippen LogP contribution is -2.17. The van der Waals surface area contributed by atoms with Gasteiger partial charge in [-0.15, -0.1) is 0 Å². The predicted molar refractivity (Wildman–Crippen MR) is 52.7 cm³/mol. The lowest BCUT2D eigenvalue weighted by Gasteiger charge is -2.11. The summed E-state index contributed by atoms with van der Waals surface area (Å²) in [6.45, 7) is 3.30. The molecule has 1 aliphatic carbocycles. The zero-order chi connectivity index (χ0) is 9.57. The van der Waals surface area contributed by atoms with Crippen LogP contribution in [0, 0.1) is 5.41 Å². The van der Waals surface area contributed by atoms with Crippen molar-refractivity contribution in [3.8, 4) is 0 Å². The Morgan fingerprint density at radius 3 is 2.54 bits per heavy atom. The Morgan fingerprint density at radius 1 is 1.23 bits per heavy atom. The van der Waals surface area contributed by atoms with E-state index in [1.54, 1.807) is 7.11 Å². The van der Waals surface area contributed by atoms with Crippen molar-refractivity contribution in [2.24, 2.45) is 11.1 Å². The topological polar surface area (TPSA) is 44.5 Å². The number of rotatable bonds is 8. The summed E-state index contributed by atoms with van der Waals surface area (Å²) in [5.41, 5.74) is 6.12. The molecular weight excluding hydrogens is 166 g/mol. The average molecular weight is 187 g/mol. The summed E-state index contributed by atoms with van der Waals surface area (Å²) in [6, 6.07) is 0. The van der Waals surface area contributed by atoms with Crippen LogP contribution in [-0.2, 0) is 9.47 Å². The van der Waals surface area contributed by atoms with E-state index in [1.807, 2.05) is 0 Å². The second-order valence-electron chi connectivity index (χ2n) is 3.91. The van der Waals surface area contributed by atoms with Gasteiger partial charge in [0.05, 0.1) is 0 Å². The number of methoxy groups -OCH3 is 1. The van der Waals surface area contributed by atoms with Crippen LogP contribution in [0.25, 0.3) is 0 Å². The lowest BCUT2D eigenvalue weighted by molar-refractivity contribution is 0.0921. The summed E-state index contributed by atoms with van der Waals surface area (Å²) < 4.78 is 10.4. The van der Waals surface area contributed by atoms with Gasteiger partial charge >= 0.3 is 0 Å². The molecule has 2 N–H and O–H groups in total. The maximum Gasteiger partial charge on any atom is 0.0487 e. The smallest absolute Gasteiger partial charge is 0.0487 e. The molecule has 0 spiro atoms. The highest BCUT2D eigenvalue weighted by Gasteiger charge is 2.40. The Morgan fingerprint density at radius 2 is 2.00 bits per heavy atom. The van der Waals surface area contributed by atoms with E-state index >= 15 is 0 Å². The van der Waals surface area contributed by atoms with E-state index < -0.39 is 0 Å². The molecule has 1 saturated carbocycles. The first-order chi connectivity index (χ1) is 6.33. The normalized spacial score (nSPS) is 18.9. The van der Waals surface area contributed by atoms with Crippen molar-refractivity contribution < 1.29 is 9.47 Å². The van der Waals surface area contributed by atoms with Gasteiger partial charge < -0.3 is 15.2 Å². The van der Waals surface area contributed by atoms with Crippen LogP contribution in [-0.4, -0.2) is 33.5 Å². The van der Waals surface area contributed by atoms with Crippen LogP contribution in [0.15, 0.2) is 0 Å². The molecule has 3 heteroatoms. The number of ether oxygens (including phenoxy) is 2. The molecule has 13 heavy (non-hydrogen) atoms. The average Bonchev–Trinajstić information content (AvgIpc) is 2.92. The Bertz CT molecular complexity index is 135. The standard InChI is InChI=1S/C10H21NO2/c1-12-6-2-7-13-8-5-10(9-11)3-4-10/h2-9,11H2,1H3. The Hall–Kier alpha value is -0.120. The molecular formula is C10H21NO2. The van der Waals surface area contributed by atoms with Gasteiger partial charge in [0.2, 0.25) is 0 Å². The van der Waals surface area contributed by atoms with Crippen molar-refractivity contribution in [2.75, 3.05) is 33.5 Å². The molecule has 0 aliphatic heterocycles. The molecule has 0 atom stereocenters. The highest BCUT2D eigenvalue weighted by molar-refractivity contribution is 4.93. The van der Waals surface area contributed by atoms with Crippen LogP contribution in [0.4, 0.5) is 0 Å². The van der Waals surface area contributed by atoms with Crippen molar-refractivity contribution >= 4 is 0 Å². The summed E-state index contributed by atoms with van der Waals surface area (Å²) in [6.07, 6.45) is 4.72. The van der Waals surface area contributed by atoms with Gasteiger partial charge in [-0.1, -0.05) is 0 Å². The third-order valence-electron chi connectivity index (χ3n) is 2.80. The minimum Gasteiger partial charge on any atom is -0.385 e. The molecule has 1 aliphatic rings. The van der Waals surface area contributed by atoms with Crippen LogP contribution < -0.4 is 5.73 Å². The summed E-state index contributed by atoms with van der Waals surface area (Å²) in [7, 11) is 1.72. The van der Waals surface area contributed by atoms with E-state index in [4.69, 9.17) is 15.2 Å². The van der Waals surface area contributed by atoms with Gasteiger partial charge in [-0.05, 0) is 37.6 Å². The van der Waals surface area contributed by atoms with E-state index in [9.17, 15) is 0 Å². The summed E-state index contributed by atoms with van der Waals surface area (Å²) >= 11 is 0. The quantitative estimate of drug-likeness (QED) is 0.580. The number of nitrogens with two attached hydrogens (primary N) is 1. The molecule has 0 unspecified atom stereocenters. The monoisotopic (exact) mass is 187 g/mol. The molecule has 0 amide bonds. The molecule has 0 aromatic carbocycles. The molecule has 1 fully saturated rings. The molecule has 0 heterocycles. The Kier molecular flexibility index (Phi) is 4.70. The van der Waals surface area contributed by atoms with Gasteiger partial charge in [0, 0.05) is 26.9 Å². The van der Waals surface area contributed by atoms with Crippen LogP contribution in [0.1, 0.15) is 25.7 Å². The maximum absolute atomic E-state index is 5.66. The van der Waals surface area contributed by atoms with Gasteiger partial charge in [0.25, 0.3) is 0 Å². The summed E-state index contributed by atoms with van der Waals surface area (Å²) in [5.74, 6) is 0. The molecule has 78 valence electrons. The predicted octanol–water partition coefficient (Wildman–Crippen LogP) is 1.17. The molecule has 0 aromatic rings. The fourth-order valence-electron chi connectivity index (χ4n) is 1.43. The first-order valence-electron chi connectivity index (χ1n) is 5.10. The second-order valence-corrected chi connectivity index (χ2v) is 3.91. The van der Waals surface area contributed by atoms with Crippen LogP contribution in [0.3, 0.4) is 0 Å². The molecule has 3 nitrogen and oxygen atoms in total. The van der Waals surface area contributed by atoms with E-state index in [-0.39, 0.29) is 0 Å². The van der Waals surface area contributed by atoms with Crippen molar-refractivity contribution in [2.45, 2.75) is 25.7 Å². The minimum absolute atomic E-state index is 0.460. The Labute approximate surface area is 80.6 Å². The van der Waals surface area contributed by atoms with Gasteiger partial charge in [-0.25, -0.2) is 0 Å². The lowest BCUT2D eigenvalue weighted by atomic mass is 10.0. The first-order valence-corrected chi connectivity index (χ1v) is 5.10. The molecule has 0 saturated heterocycles. The van der Waals surface area contributed by atoms with Crippen LogP contribution >= 0.6 is 0 Å². The van der Waals surface area contributed by atoms with E-state index in [2.05, 4.69) is 0 Å². The van der Waals surface area contributed by atoms with Gasteiger partial charge in [-0.3, -0.25) is 0 Å². The van der Waals surface area contributed by atoms with Crippen molar-refractivity contribution in [3.63, 3.8) is 0 Å².